The highest BCUT2D eigenvalue weighted by Crippen LogP contribution is 2.33. The highest BCUT2D eigenvalue weighted by molar-refractivity contribution is 7.17. The van der Waals surface area contributed by atoms with Crippen LogP contribution in [0.1, 0.15) is 28.1 Å². The van der Waals surface area contributed by atoms with E-state index in [4.69, 9.17) is 0 Å². The SMILES string of the molecule is Cc1cc(C(=O)N(C)C2CCNCC2)sc1-c1ccc(F)cc1. The summed E-state index contributed by atoms with van der Waals surface area (Å²) in [7, 11) is 1.89. The zero-order valence-corrected chi connectivity index (χ0v) is 14.3. The van der Waals surface area contributed by atoms with E-state index in [9.17, 15) is 9.18 Å². The summed E-state index contributed by atoms with van der Waals surface area (Å²) < 4.78 is 13.1. The fourth-order valence-corrected chi connectivity index (χ4v) is 4.17. The van der Waals surface area contributed by atoms with Gasteiger partial charge in [-0.25, -0.2) is 4.39 Å². The molecule has 0 atom stereocenters. The summed E-state index contributed by atoms with van der Waals surface area (Å²) in [5.41, 5.74) is 2.01. The molecule has 1 saturated heterocycles. The van der Waals surface area contributed by atoms with Gasteiger partial charge in [0.25, 0.3) is 5.91 Å². The molecular weight excluding hydrogens is 311 g/mol. The van der Waals surface area contributed by atoms with E-state index in [0.717, 1.165) is 46.8 Å². The molecule has 1 aromatic carbocycles. The summed E-state index contributed by atoms with van der Waals surface area (Å²) in [5, 5.41) is 3.32. The van der Waals surface area contributed by atoms with Crippen molar-refractivity contribution in [2.24, 2.45) is 0 Å². The molecule has 1 N–H and O–H groups in total. The lowest BCUT2D eigenvalue weighted by Crippen LogP contribution is -2.43. The number of thiophene rings is 1. The molecule has 0 saturated carbocycles. The molecule has 3 rings (SSSR count). The van der Waals surface area contributed by atoms with Crippen LogP contribution >= 0.6 is 11.3 Å². The van der Waals surface area contributed by atoms with Crippen LogP contribution in [0.4, 0.5) is 4.39 Å². The molecular formula is C18H21FN2OS. The second-order valence-corrected chi connectivity index (χ2v) is 7.08. The number of nitrogens with one attached hydrogen (secondary N) is 1. The molecule has 0 bridgehead atoms. The van der Waals surface area contributed by atoms with Crippen molar-refractivity contribution in [1.82, 2.24) is 10.2 Å². The van der Waals surface area contributed by atoms with Crippen molar-refractivity contribution < 1.29 is 9.18 Å². The minimum absolute atomic E-state index is 0.0818. The summed E-state index contributed by atoms with van der Waals surface area (Å²) in [6.07, 6.45) is 1.99. The van der Waals surface area contributed by atoms with Crippen molar-refractivity contribution in [2.45, 2.75) is 25.8 Å². The van der Waals surface area contributed by atoms with Crippen LogP contribution in [0.2, 0.25) is 0 Å². The van der Waals surface area contributed by atoms with Gasteiger partial charge in [0.05, 0.1) is 4.88 Å². The van der Waals surface area contributed by atoms with Gasteiger partial charge in [-0.3, -0.25) is 4.79 Å². The van der Waals surface area contributed by atoms with Crippen LogP contribution in [0, 0.1) is 12.7 Å². The summed E-state index contributed by atoms with van der Waals surface area (Å²) in [4.78, 5) is 16.4. The third-order valence-electron chi connectivity index (χ3n) is 4.41. The normalized spacial score (nSPS) is 15.6. The molecule has 0 spiro atoms. The Hall–Kier alpha value is -1.72. The number of carbonyl (C=O) groups is 1. The predicted octanol–water partition coefficient (Wildman–Crippen LogP) is 3.69. The van der Waals surface area contributed by atoms with Crippen molar-refractivity contribution >= 4 is 17.2 Å². The lowest BCUT2D eigenvalue weighted by molar-refractivity contribution is 0.0708. The standard InChI is InChI=1S/C18H21FN2OS/c1-12-11-16(18(22)21(2)15-7-9-20-10-8-15)23-17(12)13-3-5-14(19)6-4-13/h3-6,11,15,20H,7-10H2,1-2H3. The van der Waals surface area contributed by atoms with Crippen LogP contribution in [0.3, 0.4) is 0 Å². The number of piperidine rings is 1. The van der Waals surface area contributed by atoms with Gasteiger partial charge in [-0.15, -0.1) is 11.3 Å². The number of halogens is 1. The largest absolute Gasteiger partial charge is 0.338 e. The first-order valence-corrected chi connectivity index (χ1v) is 8.72. The quantitative estimate of drug-likeness (QED) is 0.930. The van der Waals surface area contributed by atoms with Gasteiger partial charge < -0.3 is 10.2 Å². The van der Waals surface area contributed by atoms with Crippen molar-refractivity contribution in [3.05, 3.63) is 46.6 Å². The van der Waals surface area contributed by atoms with Crippen LogP contribution in [-0.2, 0) is 0 Å². The van der Waals surface area contributed by atoms with E-state index in [1.807, 2.05) is 24.9 Å². The minimum Gasteiger partial charge on any atom is -0.338 e. The topological polar surface area (TPSA) is 32.3 Å². The number of aryl methyl sites for hydroxylation is 1. The van der Waals surface area contributed by atoms with Gasteiger partial charge in [0, 0.05) is 18.0 Å². The average molecular weight is 332 g/mol. The monoisotopic (exact) mass is 332 g/mol. The molecule has 1 fully saturated rings. The van der Waals surface area contributed by atoms with E-state index in [-0.39, 0.29) is 11.7 Å². The summed E-state index contributed by atoms with van der Waals surface area (Å²) in [5.74, 6) is -0.164. The molecule has 122 valence electrons. The number of hydrogen-bond donors (Lipinski definition) is 1. The molecule has 1 aromatic heterocycles. The summed E-state index contributed by atoms with van der Waals surface area (Å²) >= 11 is 1.49. The second-order valence-electron chi connectivity index (χ2n) is 6.03. The van der Waals surface area contributed by atoms with E-state index < -0.39 is 0 Å². The van der Waals surface area contributed by atoms with Crippen molar-refractivity contribution in [3.63, 3.8) is 0 Å². The van der Waals surface area contributed by atoms with Gasteiger partial charge in [0.2, 0.25) is 0 Å². The average Bonchev–Trinajstić information content (AvgIpc) is 2.97. The molecule has 1 aliphatic heterocycles. The summed E-state index contributed by atoms with van der Waals surface area (Å²) in [6.45, 7) is 3.93. The molecule has 2 heterocycles. The zero-order chi connectivity index (χ0) is 16.4. The van der Waals surface area contributed by atoms with Crippen molar-refractivity contribution in [2.75, 3.05) is 20.1 Å². The van der Waals surface area contributed by atoms with E-state index in [2.05, 4.69) is 5.32 Å². The molecule has 0 unspecified atom stereocenters. The first-order chi connectivity index (χ1) is 11.1. The molecule has 5 heteroatoms. The minimum atomic E-state index is -0.245. The molecule has 0 aliphatic carbocycles. The zero-order valence-electron chi connectivity index (χ0n) is 13.4. The third kappa shape index (κ3) is 3.46. The highest BCUT2D eigenvalue weighted by atomic mass is 32.1. The predicted molar refractivity (Wildman–Crippen MR) is 92.4 cm³/mol. The second kappa shape index (κ2) is 6.81. The lowest BCUT2D eigenvalue weighted by atomic mass is 10.1. The van der Waals surface area contributed by atoms with Gasteiger partial charge >= 0.3 is 0 Å². The van der Waals surface area contributed by atoms with Gasteiger partial charge in [0.1, 0.15) is 5.82 Å². The van der Waals surface area contributed by atoms with Crippen LogP contribution in [0.5, 0.6) is 0 Å². The number of carbonyl (C=O) groups excluding carboxylic acids is 1. The molecule has 0 radical (unpaired) electrons. The number of amides is 1. The van der Waals surface area contributed by atoms with Crippen molar-refractivity contribution in [1.29, 1.82) is 0 Å². The number of rotatable bonds is 3. The van der Waals surface area contributed by atoms with E-state index in [1.165, 1.54) is 23.5 Å². The van der Waals surface area contributed by atoms with Crippen molar-refractivity contribution in [3.8, 4) is 10.4 Å². The molecule has 3 nitrogen and oxygen atoms in total. The Labute approximate surface area is 140 Å². The molecule has 2 aromatic rings. The van der Waals surface area contributed by atoms with Crippen LogP contribution in [0.15, 0.2) is 30.3 Å². The van der Waals surface area contributed by atoms with E-state index in [0.29, 0.717) is 6.04 Å². The third-order valence-corrected chi connectivity index (χ3v) is 5.69. The number of benzene rings is 1. The Morgan fingerprint density at radius 2 is 1.91 bits per heavy atom. The molecule has 23 heavy (non-hydrogen) atoms. The summed E-state index contributed by atoms with van der Waals surface area (Å²) in [6, 6.07) is 8.69. The fourth-order valence-electron chi connectivity index (χ4n) is 3.01. The molecule has 1 amide bonds. The highest BCUT2D eigenvalue weighted by Gasteiger charge is 2.24. The van der Waals surface area contributed by atoms with Gasteiger partial charge in [0.15, 0.2) is 0 Å². The first kappa shape index (κ1) is 16.1. The van der Waals surface area contributed by atoms with Crippen LogP contribution < -0.4 is 5.32 Å². The Balaban J connectivity index is 1.82. The fraction of sp³-hybridized carbons (Fsp3) is 0.389. The maximum atomic E-state index is 13.1. The Bertz CT molecular complexity index is 690. The Morgan fingerprint density at radius 3 is 2.57 bits per heavy atom. The van der Waals surface area contributed by atoms with Crippen LogP contribution in [-0.4, -0.2) is 37.0 Å². The number of nitrogens with zero attached hydrogens (tertiary/aromatic N) is 1. The van der Waals surface area contributed by atoms with E-state index >= 15 is 0 Å². The molecule has 1 aliphatic rings. The first-order valence-electron chi connectivity index (χ1n) is 7.90. The maximum absolute atomic E-state index is 13.1. The smallest absolute Gasteiger partial charge is 0.263 e. The van der Waals surface area contributed by atoms with Gasteiger partial charge in [-0.1, -0.05) is 12.1 Å². The van der Waals surface area contributed by atoms with Crippen LogP contribution in [0.25, 0.3) is 10.4 Å². The van der Waals surface area contributed by atoms with Gasteiger partial charge in [-0.2, -0.15) is 0 Å². The Morgan fingerprint density at radius 1 is 1.26 bits per heavy atom. The van der Waals surface area contributed by atoms with Gasteiger partial charge in [-0.05, 0) is 62.2 Å². The maximum Gasteiger partial charge on any atom is 0.263 e. The Kier molecular flexibility index (Phi) is 4.78. The number of hydrogen-bond acceptors (Lipinski definition) is 3. The van der Waals surface area contributed by atoms with E-state index in [1.54, 1.807) is 12.1 Å². The lowest BCUT2D eigenvalue weighted by Gasteiger charge is -2.31.